The molecule has 26 heavy (non-hydrogen) atoms. The monoisotopic (exact) mass is 404 g/mol. The number of anilines is 1. The number of sulfonamides is 1. The van der Waals surface area contributed by atoms with Gasteiger partial charge >= 0.3 is 6.18 Å². The van der Waals surface area contributed by atoms with Crippen LogP contribution in [-0.4, -0.2) is 31.2 Å². The Morgan fingerprint density at radius 3 is 2.65 bits per heavy atom. The van der Waals surface area contributed by atoms with Crippen molar-refractivity contribution in [1.82, 2.24) is 4.31 Å². The van der Waals surface area contributed by atoms with E-state index in [-0.39, 0.29) is 16.4 Å². The summed E-state index contributed by atoms with van der Waals surface area (Å²) < 4.78 is 64.9. The molecule has 0 spiro atoms. The summed E-state index contributed by atoms with van der Waals surface area (Å²) in [6.45, 7) is 0.195. The van der Waals surface area contributed by atoms with Crippen molar-refractivity contribution in [2.75, 3.05) is 11.9 Å². The van der Waals surface area contributed by atoms with Crippen molar-refractivity contribution in [3.05, 3.63) is 47.3 Å². The predicted octanol–water partition coefficient (Wildman–Crippen LogP) is 3.56. The molecule has 3 rings (SSSR count). The summed E-state index contributed by atoms with van der Waals surface area (Å²) in [5.41, 5.74) is -0.907. The van der Waals surface area contributed by atoms with Gasteiger partial charge in [-0.25, -0.2) is 8.42 Å². The Kier molecular flexibility index (Phi) is 5.09. The molecule has 1 saturated heterocycles. The zero-order valence-electron chi connectivity index (χ0n) is 13.4. The maximum Gasteiger partial charge on any atom is 0.416 e. The average molecular weight is 404 g/mol. The molecule has 1 atom stereocenters. The molecule has 10 heteroatoms. The Hall–Kier alpha value is -1.91. The normalized spacial score (nSPS) is 18.8. The van der Waals surface area contributed by atoms with E-state index in [2.05, 4.69) is 5.32 Å². The minimum absolute atomic E-state index is 0.0230. The molecular formula is C16H15F3N2O3S2. The van der Waals surface area contributed by atoms with E-state index in [0.717, 1.165) is 27.8 Å². The van der Waals surface area contributed by atoms with Gasteiger partial charge in [0.15, 0.2) is 0 Å². The first-order valence-electron chi connectivity index (χ1n) is 7.73. The Bertz CT molecular complexity index is 896. The molecule has 2 aromatic rings. The van der Waals surface area contributed by atoms with Crippen molar-refractivity contribution in [1.29, 1.82) is 0 Å². The quantitative estimate of drug-likeness (QED) is 0.847. The summed E-state index contributed by atoms with van der Waals surface area (Å²) >= 11 is 1.05. The van der Waals surface area contributed by atoms with Crippen molar-refractivity contribution >= 4 is 33.0 Å². The molecule has 1 amide bonds. The number of carbonyl (C=O) groups is 1. The van der Waals surface area contributed by atoms with Crippen LogP contribution >= 0.6 is 11.3 Å². The molecule has 5 nitrogen and oxygen atoms in total. The third kappa shape index (κ3) is 3.76. The third-order valence-electron chi connectivity index (χ3n) is 4.02. The molecule has 0 radical (unpaired) electrons. The number of benzene rings is 1. The van der Waals surface area contributed by atoms with Gasteiger partial charge in [-0.15, -0.1) is 11.3 Å². The van der Waals surface area contributed by atoms with E-state index < -0.39 is 33.7 Å². The van der Waals surface area contributed by atoms with E-state index in [1.165, 1.54) is 18.2 Å². The molecule has 0 unspecified atom stereocenters. The van der Waals surface area contributed by atoms with Gasteiger partial charge in [0.1, 0.15) is 10.3 Å². The zero-order chi connectivity index (χ0) is 18.9. The Balaban J connectivity index is 1.80. The number of nitrogens with zero attached hydrogens (tertiary/aromatic N) is 1. The maximum atomic E-state index is 12.8. The molecule has 2 heterocycles. The largest absolute Gasteiger partial charge is 0.416 e. The van der Waals surface area contributed by atoms with Gasteiger partial charge in [0.05, 0.1) is 5.56 Å². The second kappa shape index (κ2) is 7.01. The standard InChI is InChI=1S/C16H15F3N2O3S2/c17-16(18,19)11-4-1-5-12(10-11)20-15(22)13-6-2-8-21(13)26(23,24)14-7-3-9-25-14/h1,3-5,7,9-10,13H,2,6,8H2,(H,20,22)/t13-/m1/s1. The highest BCUT2D eigenvalue weighted by Gasteiger charge is 2.40. The number of carbonyl (C=O) groups excluding carboxylic acids is 1. The summed E-state index contributed by atoms with van der Waals surface area (Å²) in [5, 5.41) is 4.03. The zero-order valence-corrected chi connectivity index (χ0v) is 15.0. The molecule has 0 saturated carbocycles. The van der Waals surface area contributed by atoms with Crippen LogP contribution in [0.5, 0.6) is 0 Å². The van der Waals surface area contributed by atoms with Gasteiger partial charge in [0.2, 0.25) is 5.91 Å². The van der Waals surface area contributed by atoms with Crippen LogP contribution in [0.25, 0.3) is 0 Å². The van der Waals surface area contributed by atoms with E-state index in [1.54, 1.807) is 11.4 Å². The van der Waals surface area contributed by atoms with Crippen molar-refractivity contribution in [3.8, 4) is 0 Å². The fraction of sp³-hybridized carbons (Fsp3) is 0.312. The number of rotatable bonds is 4. The topological polar surface area (TPSA) is 66.5 Å². The summed E-state index contributed by atoms with van der Waals surface area (Å²) in [5.74, 6) is -0.637. The maximum absolute atomic E-state index is 12.8. The van der Waals surface area contributed by atoms with Crippen LogP contribution in [0.15, 0.2) is 46.0 Å². The predicted molar refractivity (Wildman–Crippen MR) is 91.3 cm³/mol. The Morgan fingerprint density at radius 1 is 1.23 bits per heavy atom. The highest BCUT2D eigenvalue weighted by atomic mass is 32.2. The molecule has 1 aromatic heterocycles. The van der Waals surface area contributed by atoms with E-state index >= 15 is 0 Å². The summed E-state index contributed by atoms with van der Waals surface area (Å²) in [6, 6.07) is 6.36. The lowest BCUT2D eigenvalue weighted by atomic mass is 10.1. The van der Waals surface area contributed by atoms with Crippen molar-refractivity contribution in [2.45, 2.75) is 29.3 Å². The van der Waals surface area contributed by atoms with Crippen LogP contribution in [0, 0.1) is 0 Å². The molecule has 1 aliphatic rings. The van der Waals surface area contributed by atoms with Gasteiger partial charge in [0, 0.05) is 12.2 Å². The number of halogens is 3. The average Bonchev–Trinajstić information content (AvgIpc) is 3.26. The summed E-state index contributed by atoms with van der Waals surface area (Å²) in [4.78, 5) is 12.5. The first kappa shape index (κ1) is 18.9. The minimum Gasteiger partial charge on any atom is -0.325 e. The number of hydrogen-bond donors (Lipinski definition) is 1. The summed E-state index contributed by atoms with van der Waals surface area (Å²) in [6.07, 6.45) is -3.71. The van der Waals surface area contributed by atoms with Crippen LogP contribution in [0.2, 0.25) is 0 Å². The molecule has 0 aliphatic carbocycles. The van der Waals surface area contributed by atoms with Crippen LogP contribution in [0.1, 0.15) is 18.4 Å². The lowest BCUT2D eigenvalue weighted by molar-refractivity contribution is -0.137. The number of amides is 1. The molecule has 140 valence electrons. The second-order valence-electron chi connectivity index (χ2n) is 5.77. The second-order valence-corrected chi connectivity index (χ2v) is 8.84. The summed E-state index contributed by atoms with van der Waals surface area (Å²) in [7, 11) is -3.80. The van der Waals surface area contributed by atoms with Gasteiger partial charge in [-0.05, 0) is 42.5 Å². The smallest absolute Gasteiger partial charge is 0.325 e. The van der Waals surface area contributed by atoms with E-state index in [9.17, 15) is 26.4 Å². The number of hydrogen-bond acceptors (Lipinski definition) is 4. The fourth-order valence-corrected chi connectivity index (χ4v) is 5.59. The van der Waals surface area contributed by atoms with Gasteiger partial charge in [-0.2, -0.15) is 17.5 Å². The minimum atomic E-state index is -4.53. The molecular weight excluding hydrogens is 389 g/mol. The van der Waals surface area contributed by atoms with Crippen LogP contribution in [0.3, 0.4) is 0 Å². The third-order valence-corrected chi connectivity index (χ3v) is 7.30. The Morgan fingerprint density at radius 2 is 2.00 bits per heavy atom. The first-order chi connectivity index (χ1) is 12.2. The number of thiophene rings is 1. The van der Waals surface area contributed by atoms with Gasteiger partial charge in [0.25, 0.3) is 10.0 Å². The molecule has 1 fully saturated rings. The SMILES string of the molecule is O=C(Nc1cccc(C(F)(F)F)c1)[C@H]1CCCN1S(=O)(=O)c1cccs1. The van der Waals surface area contributed by atoms with E-state index in [4.69, 9.17) is 0 Å². The molecule has 1 aliphatic heterocycles. The lowest BCUT2D eigenvalue weighted by Crippen LogP contribution is -2.42. The molecule has 1 aromatic carbocycles. The van der Waals surface area contributed by atoms with Gasteiger partial charge < -0.3 is 5.32 Å². The fourth-order valence-electron chi connectivity index (χ4n) is 2.81. The first-order valence-corrected chi connectivity index (χ1v) is 10.0. The number of nitrogens with one attached hydrogen (secondary N) is 1. The van der Waals surface area contributed by atoms with Gasteiger partial charge in [-0.3, -0.25) is 4.79 Å². The van der Waals surface area contributed by atoms with E-state index in [1.807, 2.05) is 0 Å². The highest BCUT2D eigenvalue weighted by Crippen LogP contribution is 2.32. The lowest BCUT2D eigenvalue weighted by Gasteiger charge is -2.22. The Labute approximate surface area is 152 Å². The van der Waals surface area contributed by atoms with E-state index in [0.29, 0.717) is 12.8 Å². The van der Waals surface area contributed by atoms with Crippen molar-refractivity contribution in [2.24, 2.45) is 0 Å². The molecule has 0 bridgehead atoms. The van der Waals surface area contributed by atoms with Crippen molar-refractivity contribution in [3.63, 3.8) is 0 Å². The van der Waals surface area contributed by atoms with Crippen molar-refractivity contribution < 1.29 is 26.4 Å². The van der Waals surface area contributed by atoms with Gasteiger partial charge in [-0.1, -0.05) is 12.1 Å². The number of alkyl halides is 3. The highest BCUT2D eigenvalue weighted by molar-refractivity contribution is 7.91. The van der Waals surface area contributed by atoms with Crippen LogP contribution < -0.4 is 5.32 Å². The van der Waals surface area contributed by atoms with Crippen LogP contribution in [-0.2, 0) is 21.0 Å². The van der Waals surface area contributed by atoms with Crippen LogP contribution in [0.4, 0.5) is 18.9 Å². The molecule has 1 N–H and O–H groups in total.